The number of alkyl halides is 3. The largest absolute Gasteiger partial charge is 0.424 e. The summed E-state index contributed by atoms with van der Waals surface area (Å²) in [7, 11) is 0. The fourth-order valence-corrected chi connectivity index (χ4v) is 2.58. The molecule has 2 heterocycles. The van der Waals surface area contributed by atoms with E-state index in [1.807, 2.05) is 12.1 Å². The fraction of sp³-hybridized carbons (Fsp3) is 0.375. The van der Waals surface area contributed by atoms with Gasteiger partial charge in [0.1, 0.15) is 5.75 Å². The van der Waals surface area contributed by atoms with E-state index in [0.29, 0.717) is 24.1 Å². The van der Waals surface area contributed by atoms with Crippen LogP contribution in [0.1, 0.15) is 29.9 Å². The van der Waals surface area contributed by atoms with Crippen molar-refractivity contribution in [3.8, 4) is 11.8 Å². The van der Waals surface area contributed by atoms with Crippen LogP contribution in [0.2, 0.25) is 0 Å². The van der Waals surface area contributed by atoms with Crippen LogP contribution in [0.4, 0.5) is 13.2 Å². The minimum atomic E-state index is -4.45. The molecule has 0 saturated carbocycles. The first-order valence-corrected chi connectivity index (χ1v) is 7.40. The summed E-state index contributed by atoms with van der Waals surface area (Å²) in [6.45, 7) is 2.03. The van der Waals surface area contributed by atoms with Gasteiger partial charge in [-0.1, -0.05) is 12.1 Å². The Labute approximate surface area is 143 Å². The Kier molecular flexibility index (Phi) is 6.01. The quantitative estimate of drug-likeness (QED) is 0.893. The summed E-state index contributed by atoms with van der Waals surface area (Å²) in [4.78, 5) is 7.18. The Balaban J connectivity index is 0.00000208. The van der Waals surface area contributed by atoms with Crippen LogP contribution < -0.4 is 10.1 Å². The summed E-state index contributed by atoms with van der Waals surface area (Å²) < 4.78 is 42.7. The standard InChI is InChI=1S/C16H16F3N3O.ClH/c17-16(18,19)13-9-21-15(22-10-13)23-14-3-1-11(2-4-14)12-5-7-20-8-6-12;/h1-4,9-10,12,20H,5-8H2;1H. The third kappa shape index (κ3) is 4.58. The predicted molar refractivity (Wildman–Crippen MR) is 85.6 cm³/mol. The summed E-state index contributed by atoms with van der Waals surface area (Å²) in [6.07, 6.45) is -0.822. The van der Waals surface area contributed by atoms with Gasteiger partial charge in [0, 0.05) is 12.4 Å². The van der Waals surface area contributed by atoms with Crippen molar-refractivity contribution in [2.24, 2.45) is 0 Å². The van der Waals surface area contributed by atoms with Crippen molar-refractivity contribution in [2.45, 2.75) is 24.9 Å². The maximum atomic E-state index is 12.4. The van der Waals surface area contributed by atoms with E-state index in [1.165, 1.54) is 5.56 Å². The van der Waals surface area contributed by atoms with Gasteiger partial charge in [0.25, 0.3) is 0 Å². The van der Waals surface area contributed by atoms with Crippen LogP contribution in [-0.2, 0) is 6.18 Å². The van der Waals surface area contributed by atoms with Crippen LogP contribution in [-0.4, -0.2) is 23.1 Å². The number of ether oxygens (including phenoxy) is 1. The molecule has 4 nitrogen and oxygen atoms in total. The van der Waals surface area contributed by atoms with Gasteiger partial charge in [0.05, 0.1) is 5.56 Å². The summed E-state index contributed by atoms with van der Waals surface area (Å²) in [5.41, 5.74) is 0.346. The minimum Gasteiger partial charge on any atom is -0.424 e. The van der Waals surface area contributed by atoms with Gasteiger partial charge < -0.3 is 10.1 Å². The highest BCUT2D eigenvalue weighted by molar-refractivity contribution is 5.85. The summed E-state index contributed by atoms with van der Waals surface area (Å²) in [6, 6.07) is 7.44. The third-order valence-corrected chi connectivity index (χ3v) is 3.86. The van der Waals surface area contributed by atoms with Gasteiger partial charge in [0.2, 0.25) is 0 Å². The van der Waals surface area contributed by atoms with Crippen molar-refractivity contribution in [1.82, 2.24) is 15.3 Å². The van der Waals surface area contributed by atoms with E-state index in [0.717, 1.165) is 25.9 Å². The predicted octanol–water partition coefficient (Wildman–Crippen LogP) is 4.18. The van der Waals surface area contributed by atoms with Crippen LogP contribution in [0.3, 0.4) is 0 Å². The first-order chi connectivity index (χ1) is 11.0. The molecule has 8 heteroatoms. The zero-order valence-electron chi connectivity index (χ0n) is 12.7. The molecule has 1 aromatic carbocycles. The number of nitrogens with one attached hydrogen (secondary N) is 1. The van der Waals surface area contributed by atoms with E-state index in [9.17, 15) is 13.2 Å². The maximum absolute atomic E-state index is 12.4. The van der Waals surface area contributed by atoms with Crippen LogP contribution in [0.15, 0.2) is 36.7 Å². The van der Waals surface area contributed by atoms with E-state index in [1.54, 1.807) is 12.1 Å². The summed E-state index contributed by atoms with van der Waals surface area (Å²) in [5, 5.41) is 3.32. The molecule has 24 heavy (non-hydrogen) atoms. The second kappa shape index (κ2) is 7.81. The highest BCUT2D eigenvalue weighted by Gasteiger charge is 2.31. The van der Waals surface area contributed by atoms with Crippen molar-refractivity contribution in [3.05, 3.63) is 47.8 Å². The van der Waals surface area contributed by atoms with E-state index < -0.39 is 11.7 Å². The maximum Gasteiger partial charge on any atom is 0.419 e. The Morgan fingerprint density at radius 1 is 1.00 bits per heavy atom. The molecule has 0 unspecified atom stereocenters. The molecule has 1 fully saturated rings. The molecule has 0 amide bonds. The van der Waals surface area contributed by atoms with E-state index in [4.69, 9.17) is 4.74 Å². The monoisotopic (exact) mass is 359 g/mol. The average molecular weight is 360 g/mol. The molecule has 0 radical (unpaired) electrons. The molecule has 130 valence electrons. The topological polar surface area (TPSA) is 47.0 Å². The number of benzene rings is 1. The smallest absolute Gasteiger partial charge is 0.419 e. The lowest BCUT2D eigenvalue weighted by Gasteiger charge is -2.23. The van der Waals surface area contributed by atoms with Gasteiger partial charge >= 0.3 is 12.2 Å². The van der Waals surface area contributed by atoms with Crippen molar-refractivity contribution < 1.29 is 17.9 Å². The lowest BCUT2D eigenvalue weighted by Crippen LogP contribution is -2.26. The lowest BCUT2D eigenvalue weighted by molar-refractivity contribution is -0.138. The van der Waals surface area contributed by atoms with E-state index in [2.05, 4.69) is 15.3 Å². The SMILES string of the molecule is Cl.FC(F)(F)c1cnc(Oc2ccc(C3CCNCC3)cc2)nc1. The normalized spacial score (nSPS) is 15.6. The third-order valence-electron chi connectivity index (χ3n) is 3.86. The molecule has 1 aromatic heterocycles. The number of piperidine rings is 1. The first-order valence-electron chi connectivity index (χ1n) is 7.40. The average Bonchev–Trinajstić information content (AvgIpc) is 2.56. The molecule has 0 spiro atoms. The van der Waals surface area contributed by atoms with Gasteiger partial charge in [-0.15, -0.1) is 12.4 Å². The van der Waals surface area contributed by atoms with Gasteiger partial charge in [-0.25, -0.2) is 9.97 Å². The zero-order chi connectivity index (χ0) is 16.3. The summed E-state index contributed by atoms with van der Waals surface area (Å²) >= 11 is 0. The Bertz CT molecular complexity index is 641. The number of rotatable bonds is 3. The molecule has 1 aliphatic rings. The number of halogens is 4. The van der Waals surface area contributed by atoms with Crippen molar-refractivity contribution >= 4 is 12.4 Å². The van der Waals surface area contributed by atoms with Crippen molar-refractivity contribution in [2.75, 3.05) is 13.1 Å². The molecule has 1 N–H and O–H groups in total. The number of nitrogens with zero attached hydrogens (tertiary/aromatic N) is 2. The molecule has 1 saturated heterocycles. The second-order valence-electron chi connectivity index (χ2n) is 5.45. The van der Waals surface area contributed by atoms with Crippen molar-refractivity contribution in [3.63, 3.8) is 0 Å². The van der Waals surface area contributed by atoms with Gasteiger partial charge in [-0.3, -0.25) is 0 Å². The molecule has 0 atom stereocenters. The molecule has 0 bridgehead atoms. The number of hydrogen-bond donors (Lipinski definition) is 1. The Morgan fingerprint density at radius 2 is 1.58 bits per heavy atom. The molecular weight excluding hydrogens is 343 g/mol. The first kappa shape index (κ1) is 18.5. The lowest BCUT2D eigenvalue weighted by atomic mass is 9.90. The van der Waals surface area contributed by atoms with Crippen LogP contribution in [0.25, 0.3) is 0 Å². The Morgan fingerprint density at radius 3 is 2.12 bits per heavy atom. The van der Waals surface area contributed by atoms with Crippen LogP contribution in [0, 0.1) is 0 Å². The van der Waals surface area contributed by atoms with Gasteiger partial charge in [-0.05, 0) is 49.5 Å². The van der Waals surface area contributed by atoms with E-state index in [-0.39, 0.29) is 18.4 Å². The number of hydrogen-bond acceptors (Lipinski definition) is 4. The van der Waals surface area contributed by atoms with Gasteiger partial charge in [-0.2, -0.15) is 13.2 Å². The molecule has 0 aliphatic carbocycles. The Hall–Kier alpha value is -1.86. The second-order valence-corrected chi connectivity index (χ2v) is 5.45. The van der Waals surface area contributed by atoms with E-state index >= 15 is 0 Å². The summed E-state index contributed by atoms with van der Waals surface area (Å²) in [5.74, 6) is 1.04. The fourth-order valence-electron chi connectivity index (χ4n) is 2.58. The molecular formula is C16H17ClF3N3O. The highest BCUT2D eigenvalue weighted by atomic mass is 35.5. The molecule has 3 rings (SSSR count). The van der Waals surface area contributed by atoms with Gasteiger partial charge in [0.15, 0.2) is 0 Å². The zero-order valence-corrected chi connectivity index (χ0v) is 13.5. The number of aromatic nitrogens is 2. The molecule has 2 aromatic rings. The van der Waals surface area contributed by atoms with Crippen LogP contribution in [0.5, 0.6) is 11.8 Å². The van der Waals surface area contributed by atoms with Crippen LogP contribution >= 0.6 is 12.4 Å². The molecule has 1 aliphatic heterocycles. The minimum absolute atomic E-state index is 0. The highest BCUT2D eigenvalue weighted by Crippen LogP contribution is 2.30. The van der Waals surface area contributed by atoms with Crippen molar-refractivity contribution in [1.29, 1.82) is 0 Å².